The van der Waals surface area contributed by atoms with Gasteiger partial charge in [-0.2, -0.15) is 0 Å². The van der Waals surface area contributed by atoms with E-state index in [0.717, 1.165) is 67.4 Å². The molecule has 3 unspecified atom stereocenters. The average molecular weight is 373 g/mol. The summed E-state index contributed by atoms with van der Waals surface area (Å²) in [6.45, 7) is 6.27. The van der Waals surface area contributed by atoms with Gasteiger partial charge in [-0.05, 0) is 36.2 Å². The monoisotopic (exact) mass is 372 g/mol. The van der Waals surface area contributed by atoms with Gasteiger partial charge >= 0.3 is 0 Å². The predicted molar refractivity (Wildman–Crippen MR) is 105 cm³/mol. The minimum atomic E-state index is -0.112. The van der Waals surface area contributed by atoms with E-state index in [1.54, 1.807) is 7.11 Å². The third kappa shape index (κ3) is 3.92. The van der Waals surface area contributed by atoms with E-state index < -0.39 is 0 Å². The van der Waals surface area contributed by atoms with Crippen LogP contribution >= 0.6 is 0 Å². The van der Waals surface area contributed by atoms with Crippen molar-refractivity contribution >= 4 is 0 Å². The van der Waals surface area contributed by atoms with Gasteiger partial charge < -0.3 is 19.8 Å². The van der Waals surface area contributed by atoms with Crippen LogP contribution in [-0.2, 0) is 19.8 Å². The maximum Gasteiger partial charge on any atom is 0.129 e. The zero-order chi connectivity index (χ0) is 18.8. The van der Waals surface area contributed by atoms with Gasteiger partial charge in [-0.15, -0.1) is 0 Å². The van der Waals surface area contributed by atoms with Gasteiger partial charge in [0, 0.05) is 50.4 Å². The first-order valence-electron chi connectivity index (χ1n) is 10.2. The molecular weight excluding hydrogens is 340 g/mol. The molecule has 1 heterocycles. The summed E-state index contributed by atoms with van der Waals surface area (Å²) in [7, 11) is 1.64. The van der Waals surface area contributed by atoms with Crippen molar-refractivity contribution in [2.75, 3.05) is 39.8 Å². The van der Waals surface area contributed by atoms with Gasteiger partial charge in [0.25, 0.3) is 0 Å². The summed E-state index contributed by atoms with van der Waals surface area (Å²) in [4.78, 5) is 5.11. The van der Waals surface area contributed by atoms with Crippen molar-refractivity contribution in [2.24, 2.45) is 17.8 Å². The Kier molecular flexibility index (Phi) is 5.83. The highest BCUT2D eigenvalue weighted by atomic mass is 16.5. The first-order valence-corrected chi connectivity index (χ1v) is 10.2. The highest BCUT2D eigenvalue weighted by molar-refractivity contribution is 5.46. The summed E-state index contributed by atoms with van der Waals surface area (Å²) in [5, 5.41) is 19.2. The maximum atomic E-state index is 9.69. The van der Waals surface area contributed by atoms with E-state index in [2.05, 4.69) is 22.0 Å². The second-order valence-corrected chi connectivity index (χ2v) is 8.33. The molecule has 1 aliphatic heterocycles. The number of fused-ring (bicyclic) bond motifs is 2. The lowest BCUT2D eigenvalue weighted by molar-refractivity contribution is 0.108. The molecule has 2 N–H and O–H groups in total. The molecule has 1 aromatic carbocycles. The molecule has 2 aliphatic carbocycles. The molecule has 0 amide bonds. The lowest BCUT2D eigenvalue weighted by Crippen LogP contribution is -2.47. The lowest BCUT2D eigenvalue weighted by atomic mass is 9.93. The first-order chi connectivity index (χ1) is 13.2. The van der Waals surface area contributed by atoms with Crippen LogP contribution in [0.2, 0.25) is 0 Å². The summed E-state index contributed by atoms with van der Waals surface area (Å²) in [5.41, 5.74) is 2.54. The van der Waals surface area contributed by atoms with Crippen molar-refractivity contribution in [3.05, 3.63) is 41.0 Å². The number of piperazine rings is 1. The van der Waals surface area contributed by atoms with Gasteiger partial charge in [-0.25, -0.2) is 0 Å². The minimum absolute atomic E-state index is 0.0799. The number of allylic oxidation sites excluding steroid dienone is 2. The molecule has 0 aromatic heterocycles. The number of aliphatic hydroxyl groups excluding tert-OH is 2. The lowest BCUT2D eigenvalue weighted by Gasteiger charge is -2.37. The molecule has 2 bridgehead atoms. The molecule has 1 saturated heterocycles. The van der Waals surface area contributed by atoms with Gasteiger partial charge in [-0.3, -0.25) is 4.90 Å². The normalized spacial score (nSPS) is 28.2. The third-order valence-corrected chi connectivity index (χ3v) is 6.74. The summed E-state index contributed by atoms with van der Waals surface area (Å²) < 4.78 is 5.57. The van der Waals surface area contributed by atoms with E-state index in [1.807, 2.05) is 12.1 Å². The number of ether oxygens (including phenoxy) is 1. The summed E-state index contributed by atoms with van der Waals surface area (Å²) in [5.74, 6) is 3.28. The van der Waals surface area contributed by atoms with Gasteiger partial charge in [0.05, 0.1) is 20.3 Å². The van der Waals surface area contributed by atoms with Gasteiger partial charge in [0.2, 0.25) is 0 Å². The number of benzene rings is 1. The Morgan fingerprint density at radius 1 is 0.963 bits per heavy atom. The van der Waals surface area contributed by atoms with Gasteiger partial charge in [0.15, 0.2) is 0 Å². The number of hydrogen-bond donors (Lipinski definition) is 2. The standard InChI is InChI=1S/C22H32N2O3/c1-27-22-18(4-5-19(14-25)21(22)15-26)12-23-6-8-24(9-7-23)13-20-11-16-2-3-17(20)10-16/h2-5,16-17,20,25-26H,6-15H2,1H3. The van der Waals surface area contributed by atoms with E-state index in [4.69, 9.17) is 4.74 Å². The van der Waals surface area contributed by atoms with Crippen molar-refractivity contribution in [2.45, 2.75) is 32.6 Å². The second-order valence-electron chi connectivity index (χ2n) is 8.33. The van der Waals surface area contributed by atoms with Crippen LogP contribution < -0.4 is 4.74 Å². The van der Waals surface area contributed by atoms with E-state index in [9.17, 15) is 10.2 Å². The molecule has 0 spiro atoms. The molecule has 4 rings (SSSR count). The van der Waals surface area contributed by atoms with Crippen LogP contribution in [0.15, 0.2) is 24.3 Å². The first kappa shape index (κ1) is 18.9. The van der Waals surface area contributed by atoms with Crippen LogP contribution in [0.4, 0.5) is 0 Å². The third-order valence-electron chi connectivity index (χ3n) is 6.74. The Hall–Kier alpha value is -1.40. The fraction of sp³-hybridized carbons (Fsp3) is 0.636. The van der Waals surface area contributed by atoms with E-state index in [-0.39, 0.29) is 13.2 Å². The van der Waals surface area contributed by atoms with Crippen molar-refractivity contribution in [3.63, 3.8) is 0 Å². The van der Waals surface area contributed by atoms with E-state index >= 15 is 0 Å². The number of rotatable bonds is 7. The number of nitrogens with zero attached hydrogens (tertiary/aromatic N) is 2. The Bertz CT molecular complexity index is 682. The average Bonchev–Trinajstić information content (AvgIpc) is 3.32. The zero-order valence-electron chi connectivity index (χ0n) is 16.3. The van der Waals surface area contributed by atoms with E-state index in [1.165, 1.54) is 19.4 Å². The highest BCUT2D eigenvalue weighted by Gasteiger charge is 2.36. The molecule has 5 nitrogen and oxygen atoms in total. The van der Waals surface area contributed by atoms with Crippen LogP contribution in [0.25, 0.3) is 0 Å². The summed E-state index contributed by atoms with van der Waals surface area (Å²) in [6.07, 6.45) is 7.66. The summed E-state index contributed by atoms with van der Waals surface area (Å²) in [6, 6.07) is 3.93. The van der Waals surface area contributed by atoms with Crippen molar-refractivity contribution in [1.82, 2.24) is 9.80 Å². The fourth-order valence-corrected chi connectivity index (χ4v) is 5.22. The smallest absolute Gasteiger partial charge is 0.129 e. The van der Waals surface area contributed by atoms with Crippen LogP contribution in [0.3, 0.4) is 0 Å². The van der Waals surface area contributed by atoms with Gasteiger partial charge in [0.1, 0.15) is 5.75 Å². The Labute approximate surface area is 162 Å². The fourth-order valence-electron chi connectivity index (χ4n) is 5.22. The molecule has 2 fully saturated rings. The number of hydrogen-bond acceptors (Lipinski definition) is 5. The Morgan fingerprint density at radius 2 is 1.70 bits per heavy atom. The molecule has 3 aliphatic rings. The van der Waals surface area contributed by atoms with Crippen LogP contribution in [0.1, 0.15) is 29.5 Å². The maximum absolute atomic E-state index is 9.69. The predicted octanol–water partition coefficient (Wildman–Crippen LogP) is 2.01. The molecular formula is C22H32N2O3. The number of aliphatic hydroxyl groups is 2. The van der Waals surface area contributed by atoms with Crippen molar-refractivity contribution in [3.8, 4) is 5.75 Å². The van der Waals surface area contributed by atoms with Crippen LogP contribution in [0.5, 0.6) is 5.75 Å². The van der Waals surface area contributed by atoms with Crippen LogP contribution in [-0.4, -0.2) is 59.8 Å². The van der Waals surface area contributed by atoms with Gasteiger partial charge in [-0.1, -0.05) is 24.3 Å². The molecule has 3 atom stereocenters. The molecule has 148 valence electrons. The number of methoxy groups -OCH3 is 1. The summed E-state index contributed by atoms with van der Waals surface area (Å²) >= 11 is 0. The van der Waals surface area contributed by atoms with Crippen LogP contribution in [0, 0.1) is 17.8 Å². The SMILES string of the molecule is COc1c(CN2CCN(CC3CC4C=CC3C4)CC2)ccc(CO)c1CO. The minimum Gasteiger partial charge on any atom is -0.496 e. The molecule has 1 aromatic rings. The molecule has 1 saturated carbocycles. The highest BCUT2D eigenvalue weighted by Crippen LogP contribution is 2.43. The van der Waals surface area contributed by atoms with E-state index in [0.29, 0.717) is 5.56 Å². The van der Waals surface area contributed by atoms with Crippen molar-refractivity contribution in [1.29, 1.82) is 0 Å². The Morgan fingerprint density at radius 3 is 2.30 bits per heavy atom. The zero-order valence-corrected chi connectivity index (χ0v) is 16.3. The van der Waals surface area contributed by atoms with Crippen molar-refractivity contribution < 1.29 is 14.9 Å². The second kappa shape index (κ2) is 8.31. The molecule has 5 heteroatoms. The topological polar surface area (TPSA) is 56.2 Å². The largest absolute Gasteiger partial charge is 0.496 e. The molecule has 0 radical (unpaired) electrons. The molecule has 27 heavy (non-hydrogen) atoms. The Balaban J connectivity index is 1.33. The quantitative estimate of drug-likeness (QED) is 0.717.